The van der Waals surface area contributed by atoms with Crippen molar-refractivity contribution in [3.8, 4) is 16.9 Å². The summed E-state index contributed by atoms with van der Waals surface area (Å²) in [6.45, 7) is 4.19. The maximum absolute atomic E-state index is 15.1. The van der Waals surface area contributed by atoms with Crippen LogP contribution in [0.2, 0.25) is 0 Å². The van der Waals surface area contributed by atoms with Crippen LogP contribution in [-0.2, 0) is 27.6 Å². The Morgan fingerprint density at radius 3 is 2.54 bits per heavy atom. The van der Waals surface area contributed by atoms with Gasteiger partial charge >= 0.3 is 0 Å². The Morgan fingerprint density at radius 2 is 1.90 bits per heavy atom. The summed E-state index contributed by atoms with van der Waals surface area (Å²) >= 11 is 0. The average Bonchev–Trinajstić information content (AvgIpc) is 3.13. The van der Waals surface area contributed by atoms with Gasteiger partial charge in [0.15, 0.2) is 9.84 Å². The van der Waals surface area contributed by atoms with E-state index in [1.54, 1.807) is 38.1 Å². The summed E-state index contributed by atoms with van der Waals surface area (Å²) in [6.07, 6.45) is 2.76. The Kier molecular flexibility index (Phi) is 8.31. The van der Waals surface area contributed by atoms with Crippen LogP contribution in [-0.4, -0.2) is 62.6 Å². The van der Waals surface area contributed by atoms with E-state index in [0.717, 1.165) is 29.0 Å². The zero-order valence-electron chi connectivity index (χ0n) is 22.2. The second-order valence-corrected chi connectivity index (χ2v) is 11.3. The molecule has 2 aromatic carbocycles. The van der Waals surface area contributed by atoms with E-state index in [-0.39, 0.29) is 49.2 Å². The number of sulfone groups is 1. The fourth-order valence-electron chi connectivity index (χ4n) is 4.35. The van der Waals surface area contributed by atoms with Crippen LogP contribution in [0.5, 0.6) is 5.75 Å². The quantitative estimate of drug-likeness (QED) is 0.460. The number of pyridine rings is 1. The van der Waals surface area contributed by atoms with Crippen molar-refractivity contribution in [3.05, 3.63) is 71.2 Å². The summed E-state index contributed by atoms with van der Waals surface area (Å²) in [5, 5.41) is 5.62. The highest BCUT2D eigenvalue weighted by atomic mass is 32.2. The molecule has 0 unspecified atom stereocenters. The summed E-state index contributed by atoms with van der Waals surface area (Å²) < 4.78 is 44.9. The molecule has 2 amide bonds. The number of anilines is 1. The molecular formula is C28H31FN4O5S. The molecule has 1 aromatic heterocycles. The standard InChI is InChI=1S/C28H31FN4O5S/c1-5-21-22(8-10-24(26(21)29)39(4,36)37)28(35)33-12-13-38-23-9-6-18(14-20(23)16-33)19-7-11-25(31-15-19)32-27(34)17(2)30-3/h6-11,14-15,17,30H,5,12-13,16H2,1-4H3,(H,31,32,34)/t17-/m1/s1. The fraction of sp³-hybridized carbons (Fsp3) is 0.321. The number of halogens is 1. The summed E-state index contributed by atoms with van der Waals surface area (Å²) in [5.74, 6) is -0.401. The SMILES string of the molecule is CCc1c(C(=O)N2CCOc3ccc(-c4ccc(NC(=O)[C@@H](C)NC)nc4)cc3C2)ccc(S(C)(=O)=O)c1F. The first-order chi connectivity index (χ1) is 18.5. The summed E-state index contributed by atoms with van der Waals surface area (Å²) in [5.41, 5.74) is 2.63. The Hall–Kier alpha value is -3.83. The molecular weight excluding hydrogens is 523 g/mol. The van der Waals surface area contributed by atoms with Gasteiger partial charge in [0.25, 0.3) is 5.91 Å². The molecule has 11 heteroatoms. The highest BCUT2D eigenvalue weighted by molar-refractivity contribution is 7.90. The normalized spacial score (nSPS) is 14.1. The van der Waals surface area contributed by atoms with E-state index in [2.05, 4.69) is 15.6 Å². The van der Waals surface area contributed by atoms with E-state index >= 15 is 4.39 Å². The van der Waals surface area contributed by atoms with Crippen LogP contribution < -0.4 is 15.4 Å². The third kappa shape index (κ3) is 6.10. The van der Waals surface area contributed by atoms with Gasteiger partial charge in [-0.25, -0.2) is 17.8 Å². The van der Waals surface area contributed by atoms with E-state index < -0.39 is 26.5 Å². The fourth-order valence-corrected chi connectivity index (χ4v) is 5.12. The van der Waals surface area contributed by atoms with Gasteiger partial charge in [0.05, 0.1) is 12.6 Å². The largest absolute Gasteiger partial charge is 0.491 e. The van der Waals surface area contributed by atoms with Crippen LogP contribution in [0, 0.1) is 5.82 Å². The van der Waals surface area contributed by atoms with Crippen molar-refractivity contribution < 1.29 is 27.1 Å². The number of likely N-dealkylation sites (N-methyl/N-ethyl adjacent to an activating group) is 1. The van der Waals surface area contributed by atoms with Gasteiger partial charge in [0.1, 0.15) is 28.9 Å². The topological polar surface area (TPSA) is 118 Å². The van der Waals surface area contributed by atoms with Gasteiger partial charge in [0, 0.05) is 41.3 Å². The molecule has 1 atom stereocenters. The Morgan fingerprint density at radius 1 is 1.15 bits per heavy atom. The number of aromatic nitrogens is 1. The predicted octanol–water partition coefficient (Wildman–Crippen LogP) is 3.43. The van der Waals surface area contributed by atoms with Gasteiger partial charge in [-0.3, -0.25) is 9.59 Å². The lowest BCUT2D eigenvalue weighted by molar-refractivity contribution is -0.117. The van der Waals surface area contributed by atoms with Gasteiger partial charge in [0.2, 0.25) is 5.91 Å². The van der Waals surface area contributed by atoms with Gasteiger partial charge in [-0.1, -0.05) is 13.0 Å². The lowest BCUT2D eigenvalue weighted by atomic mass is 10.0. The maximum atomic E-state index is 15.1. The molecule has 39 heavy (non-hydrogen) atoms. The van der Waals surface area contributed by atoms with Gasteiger partial charge < -0.3 is 20.3 Å². The number of fused-ring (bicyclic) bond motifs is 1. The lowest BCUT2D eigenvalue weighted by Gasteiger charge is -2.22. The van der Waals surface area contributed by atoms with Crippen molar-refractivity contribution in [2.24, 2.45) is 0 Å². The minimum Gasteiger partial charge on any atom is -0.491 e. The number of carbonyl (C=O) groups is 2. The maximum Gasteiger partial charge on any atom is 0.254 e. The number of nitrogens with zero attached hydrogens (tertiary/aromatic N) is 2. The Labute approximate surface area is 227 Å². The zero-order chi connectivity index (χ0) is 28.3. The second-order valence-electron chi connectivity index (χ2n) is 9.36. The molecule has 0 spiro atoms. The van der Waals surface area contributed by atoms with Crippen LogP contribution in [0.3, 0.4) is 0 Å². The number of hydrogen-bond acceptors (Lipinski definition) is 7. The summed E-state index contributed by atoms with van der Waals surface area (Å²) in [7, 11) is -2.07. The van der Waals surface area contributed by atoms with Crippen LogP contribution in [0.4, 0.5) is 10.2 Å². The Balaban J connectivity index is 1.59. The first-order valence-corrected chi connectivity index (χ1v) is 14.4. The van der Waals surface area contributed by atoms with Crippen molar-refractivity contribution in [2.75, 3.05) is 31.8 Å². The number of carbonyl (C=O) groups excluding carboxylic acids is 2. The average molecular weight is 555 g/mol. The number of ether oxygens (including phenoxy) is 1. The molecule has 2 N–H and O–H groups in total. The zero-order valence-corrected chi connectivity index (χ0v) is 23.1. The highest BCUT2D eigenvalue weighted by Gasteiger charge is 2.27. The van der Waals surface area contributed by atoms with Gasteiger partial charge in [-0.05, 0) is 62.4 Å². The molecule has 0 fully saturated rings. The van der Waals surface area contributed by atoms with Crippen molar-refractivity contribution >= 4 is 27.5 Å². The van der Waals surface area contributed by atoms with E-state index in [4.69, 9.17) is 4.74 Å². The summed E-state index contributed by atoms with van der Waals surface area (Å²) in [6, 6.07) is 11.4. The van der Waals surface area contributed by atoms with Crippen molar-refractivity contribution in [2.45, 2.75) is 37.8 Å². The van der Waals surface area contributed by atoms with Crippen molar-refractivity contribution in [1.82, 2.24) is 15.2 Å². The van der Waals surface area contributed by atoms with E-state index in [1.807, 2.05) is 24.3 Å². The van der Waals surface area contributed by atoms with E-state index in [9.17, 15) is 18.0 Å². The third-order valence-corrected chi connectivity index (χ3v) is 7.81. The lowest BCUT2D eigenvalue weighted by Crippen LogP contribution is -2.35. The highest BCUT2D eigenvalue weighted by Crippen LogP contribution is 2.31. The molecule has 4 rings (SSSR count). The minimum atomic E-state index is -3.77. The molecule has 1 aliphatic rings. The molecule has 0 radical (unpaired) electrons. The number of amides is 2. The van der Waals surface area contributed by atoms with Crippen molar-refractivity contribution in [1.29, 1.82) is 0 Å². The number of hydrogen-bond donors (Lipinski definition) is 2. The smallest absolute Gasteiger partial charge is 0.254 e. The van der Waals surface area contributed by atoms with Crippen LogP contribution in [0.25, 0.3) is 11.1 Å². The predicted molar refractivity (Wildman–Crippen MR) is 146 cm³/mol. The van der Waals surface area contributed by atoms with E-state index in [0.29, 0.717) is 11.6 Å². The molecule has 0 aliphatic carbocycles. The van der Waals surface area contributed by atoms with Gasteiger partial charge in [-0.2, -0.15) is 0 Å². The number of benzene rings is 2. The second kappa shape index (κ2) is 11.5. The molecule has 0 saturated heterocycles. The molecule has 1 aliphatic heterocycles. The van der Waals surface area contributed by atoms with Crippen LogP contribution in [0.1, 0.15) is 35.3 Å². The molecule has 0 bridgehead atoms. The minimum absolute atomic E-state index is 0.0735. The third-order valence-electron chi connectivity index (χ3n) is 6.69. The van der Waals surface area contributed by atoms with Gasteiger partial charge in [-0.15, -0.1) is 0 Å². The molecule has 0 saturated carbocycles. The first-order valence-electron chi connectivity index (χ1n) is 12.5. The number of rotatable bonds is 7. The van der Waals surface area contributed by atoms with Crippen LogP contribution >= 0.6 is 0 Å². The molecule has 9 nitrogen and oxygen atoms in total. The molecule has 3 aromatic rings. The Bertz CT molecular complexity index is 1510. The number of nitrogens with one attached hydrogen (secondary N) is 2. The monoisotopic (exact) mass is 554 g/mol. The van der Waals surface area contributed by atoms with Crippen molar-refractivity contribution in [3.63, 3.8) is 0 Å². The molecule has 206 valence electrons. The van der Waals surface area contributed by atoms with E-state index in [1.165, 1.54) is 6.07 Å². The first kappa shape index (κ1) is 28.2. The summed E-state index contributed by atoms with van der Waals surface area (Å²) in [4.78, 5) is 31.1. The van der Waals surface area contributed by atoms with Crippen LogP contribution in [0.15, 0.2) is 53.6 Å². The molecule has 2 heterocycles.